The predicted molar refractivity (Wildman–Crippen MR) is 121 cm³/mol. The molecule has 2 saturated heterocycles. The molecule has 0 radical (unpaired) electrons. The van der Waals surface area contributed by atoms with Crippen LogP contribution in [0.4, 0.5) is 0 Å². The molecular formula is C23H41N3O7. The Labute approximate surface area is 196 Å². The lowest BCUT2D eigenvalue weighted by atomic mass is 10.1. The van der Waals surface area contributed by atoms with Crippen LogP contribution in [0.25, 0.3) is 0 Å². The van der Waals surface area contributed by atoms with Gasteiger partial charge in [0.25, 0.3) is 0 Å². The zero-order valence-corrected chi connectivity index (χ0v) is 20.1. The molecule has 0 aliphatic carbocycles. The van der Waals surface area contributed by atoms with Gasteiger partial charge < -0.3 is 34.4 Å². The van der Waals surface area contributed by atoms with Crippen molar-refractivity contribution in [3.05, 3.63) is 0 Å². The average Bonchev–Trinajstić information content (AvgIpc) is 2.99. The summed E-state index contributed by atoms with van der Waals surface area (Å²) in [5, 5.41) is 20.7. The molecule has 0 spiro atoms. The summed E-state index contributed by atoms with van der Waals surface area (Å²) in [6.45, 7) is 4.03. The summed E-state index contributed by atoms with van der Waals surface area (Å²) in [6, 6.07) is 0. The van der Waals surface area contributed by atoms with Crippen LogP contribution >= 0.6 is 0 Å². The van der Waals surface area contributed by atoms with Gasteiger partial charge in [-0.2, -0.15) is 0 Å². The number of nitrogens with zero attached hydrogens (tertiary/aromatic N) is 3. The lowest BCUT2D eigenvalue weighted by Gasteiger charge is -2.31. The van der Waals surface area contributed by atoms with Gasteiger partial charge in [-0.05, 0) is 32.1 Å². The van der Waals surface area contributed by atoms with Gasteiger partial charge in [-0.25, -0.2) is 0 Å². The molecule has 0 bridgehead atoms. The second-order valence-electron chi connectivity index (χ2n) is 8.94. The molecular weight excluding hydrogens is 430 g/mol. The Morgan fingerprint density at radius 3 is 2.42 bits per heavy atom. The molecule has 0 saturated carbocycles. The molecule has 3 atom stereocenters. The van der Waals surface area contributed by atoms with Crippen LogP contribution in [0.2, 0.25) is 0 Å². The molecule has 2 aliphatic rings. The first-order valence-corrected chi connectivity index (χ1v) is 12.1. The van der Waals surface area contributed by atoms with E-state index in [0.29, 0.717) is 52.0 Å². The molecule has 0 aromatic heterocycles. The van der Waals surface area contributed by atoms with Crippen molar-refractivity contribution in [2.24, 2.45) is 0 Å². The second-order valence-corrected chi connectivity index (χ2v) is 8.94. The Bertz CT molecular complexity index is 633. The fraction of sp³-hybridized carbons (Fsp3) is 0.870. The van der Waals surface area contributed by atoms with Gasteiger partial charge in [-0.1, -0.05) is 6.42 Å². The smallest absolute Gasteiger partial charge is 0.242 e. The maximum Gasteiger partial charge on any atom is 0.242 e. The molecule has 10 nitrogen and oxygen atoms in total. The van der Waals surface area contributed by atoms with Crippen molar-refractivity contribution in [1.82, 2.24) is 14.7 Å². The van der Waals surface area contributed by atoms with E-state index in [1.807, 2.05) is 0 Å². The van der Waals surface area contributed by atoms with Crippen molar-refractivity contribution in [3.63, 3.8) is 0 Å². The van der Waals surface area contributed by atoms with Crippen LogP contribution in [-0.4, -0.2) is 121 Å². The van der Waals surface area contributed by atoms with Crippen LogP contribution in [0.5, 0.6) is 0 Å². The molecule has 3 amide bonds. The third kappa shape index (κ3) is 9.19. The lowest BCUT2D eigenvalue weighted by Crippen LogP contribution is -2.48. The second kappa shape index (κ2) is 14.5. The van der Waals surface area contributed by atoms with Crippen LogP contribution in [0, 0.1) is 0 Å². The van der Waals surface area contributed by atoms with Crippen molar-refractivity contribution in [1.29, 1.82) is 0 Å². The van der Waals surface area contributed by atoms with Gasteiger partial charge in [-0.3, -0.25) is 14.4 Å². The van der Waals surface area contributed by atoms with E-state index in [0.717, 1.165) is 25.7 Å². The average molecular weight is 472 g/mol. The van der Waals surface area contributed by atoms with Crippen LogP contribution in [0.3, 0.4) is 0 Å². The molecule has 10 heteroatoms. The number of methoxy groups -OCH3 is 1. The van der Waals surface area contributed by atoms with Crippen molar-refractivity contribution >= 4 is 17.7 Å². The van der Waals surface area contributed by atoms with Crippen molar-refractivity contribution < 1.29 is 34.1 Å². The Balaban J connectivity index is 2.05. The standard InChI is InChI=1S/C23H41N3O7/c1-18(27)25-13-8-12-24(22(30)16-26-11-5-3-4-9-21(26)29)10-6-7-14-33-17-19(28)23(31)20(15-25)32-2/h19-20,23,28,31H,3-17H2,1-2H3/t19-,20-,23-/m0/s1. The number of rotatable bonds is 3. The number of aliphatic hydroxyl groups excluding tert-OH is 2. The fourth-order valence-electron chi connectivity index (χ4n) is 4.26. The number of aliphatic hydroxyl groups is 2. The minimum Gasteiger partial charge on any atom is -0.388 e. The van der Waals surface area contributed by atoms with Crippen LogP contribution in [0.15, 0.2) is 0 Å². The summed E-state index contributed by atoms with van der Waals surface area (Å²) in [6.07, 6.45) is 2.20. The Kier molecular flexibility index (Phi) is 12.1. The summed E-state index contributed by atoms with van der Waals surface area (Å²) in [5.41, 5.74) is 0. The third-order valence-electron chi connectivity index (χ3n) is 6.39. The maximum absolute atomic E-state index is 13.1. The highest BCUT2D eigenvalue weighted by molar-refractivity contribution is 5.85. The van der Waals surface area contributed by atoms with Crippen LogP contribution in [0.1, 0.15) is 51.9 Å². The lowest BCUT2D eigenvalue weighted by molar-refractivity contribution is -0.140. The van der Waals surface area contributed by atoms with E-state index in [1.165, 1.54) is 14.0 Å². The molecule has 2 aliphatic heterocycles. The Morgan fingerprint density at radius 1 is 1.00 bits per heavy atom. The van der Waals surface area contributed by atoms with Gasteiger partial charge in [-0.15, -0.1) is 0 Å². The number of carbonyl (C=O) groups excluding carboxylic acids is 3. The Morgan fingerprint density at radius 2 is 1.70 bits per heavy atom. The first-order valence-electron chi connectivity index (χ1n) is 12.1. The highest BCUT2D eigenvalue weighted by Gasteiger charge is 2.29. The zero-order valence-electron chi connectivity index (χ0n) is 20.1. The first kappa shape index (κ1) is 27.5. The van der Waals surface area contributed by atoms with E-state index >= 15 is 0 Å². The van der Waals surface area contributed by atoms with Crippen molar-refractivity contribution in [3.8, 4) is 0 Å². The Hall–Kier alpha value is -1.75. The van der Waals surface area contributed by atoms with Gasteiger partial charge >= 0.3 is 0 Å². The molecule has 33 heavy (non-hydrogen) atoms. The predicted octanol–water partition coefficient (Wildman–Crippen LogP) is 0.00340. The number of likely N-dealkylation sites (tertiary alicyclic amines) is 1. The van der Waals surface area contributed by atoms with Crippen molar-refractivity contribution in [2.75, 3.05) is 59.6 Å². The highest BCUT2D eigenvalue weighted by Crippen LogP contribution is 2.13. The normalized spacial score (nSPS) is 27.5. The minimum absolute atomic E-state index is 0.0399. The molecule has 0 unspecified atom stereocenters. The van der Waals surface area contributed by atoms with E-state index in [-0.39, 0.29) is 37.4 Å². The molecule has 2 N–H and O–H groups in total. The number of amides is 3. The maximum atomic E-state index is 13.1. The molecule has 190 valence electrons. The van der Waals surface area contributed by atoms with Crippen LogP contribution < -0.4 is 0 Å². The molecule has 0 aromatic rings. The fourth-order valence-corrected chi connectivity index (χ4v) is 4.26. The van der Waals surface area contributed by atoms with E-state index in [1.54, 1.807) is 14.7 Å². The summed E-state index contributed by atoms with van der Waals surface area (Å²) >= 11 is 0. The van der Waals surface area contributed by atoms with Gasteiger partial charge in [0, 0.05) is 59.8 Å². The van der Waals surface area contributed by atoms with Gasteiger partial charge in [0.05, 0.1) is 13.2 Å². The minimum atomic E-state index is -1.19. The van der Waals surface area contributed by atoms with E-state index in [9.17, 15) is 24.6 Å². The summed E-state index contributed by atoms with van der Waals surface area (Å²) in [4.78, 5) is 42.5. The van der Waals surface area contributed by atoms with Crippen LogP contribution in [-0.2, 0) is 23.9 Å². The largest absolute Gasteiger partial charge is 0.388 e. The quantitative estimate of drug-likeness (QED) is 0.595. The van der Waals surface area contributed by atoms with Crippen molar-refractivity contribution in [2.45, 2.75) is 70.2 Å². The van der Waals surface area contributed by atoms with E-state index < -0.39 is 18.3 Å². The summed E-state index contributed by atoms with van der Waals surface area (Å²) in [5.74, 6) is -0.212. The monoisotopic (exact) mass is 471 g/mol. The number of hydrogen-bond donors (Lipinski definition) is 2. The SMILES string of the molecule is CO[C@H]1CN(C(C)=O)CCCN(C(=O)CN2CCCCCC2=O)CCCCOC[C@H](O)[C@@H]1O. The van der Waals surface area contributed by atoms with E-state index in [4.69, 9.17) is 9.47 Å². The number of hydrogen-bond acceptors (Lipinski definition) is 7. The molecule has 2 heterocycles. The van der Waals surface area contributed by atoms with Gasteiger partial charge in [0.2, 0.25) is 17.7 Å². The third-order valence-corrected chi connectivity index (χ3v) is 6.39. The topological polar surface area (TPSA) is 120 Å². The molecule has 0 aromatic carbocycles. The summed E-state index contributed by atoms with van der Waals surface area (Å²) < 4.78 is 10.8. The highest BCUT2D eigenvalue weighted by atomic mass is 16.5. The zero-order chi connectivity index (χ0) is 24.2. The van der Waals surface area contributed by atoms with Gasteiger partial charge in [0.15, 0.2) is 0 Å². The van der Waals surface area contributed by atoms with E-state index in [2.05, 4.69) is 0 Å². The molecule has 2 rings (SSSR count). The molecule has 2 fully saturated rings. The summed E-state index contributed by atoms with van der Waals surface area (Å²) in [7, 11) is 1.43. The number of carbonyl (C=O) groups is 3. The van der Waals surface area contributed by atoms with Gasteiger partial charge in [0.1, 0.15) is 18.3 Å². The first-order chi connectivity index (χ1) is 15.8. The number of ether oxygens (including phenoxy) is 2.